The number of nitrogens with zero attached hydrogens (tertiary/aromatic N) is 2. The number of hydrogen-bond acceptors (Lipinski definition) is 5. The van der Waals surface area contributed by atoms with E-state index in [0.29, 0.717) is 5.82 Å². The van der Waals surface area contributed by atoms with Crippen LogP contribution < -0.4 is 4.72 Å². The molecule has 0 fully saturated rings. The molecule has 1 aromatic heterocycles. The largest absolute Gasteiger partial charge is 0.384 e. The number of aryl methyl sites for hydroxylation is 1. The summed E-state index contributed by atoms with van der Waals surface area (Å²) in [5.74, 6) is 0.491. The zero-order valence-electron chi connectivity index (χ0n) is 7.94. The maximum atomic E-state index is 11.3. The fourth-order valence-electron chi connectivity index (χ4n) is 0.772. The van der Waals surface area contributed by atoms with Gasteiger partial charge in [0.1, 0.15) is 5.82 Å². The highest BCUT2D eigenvalue weighted by Crippen LogP contribution is 2.00. The highest BCUT2D eigenvalue weighted by molar-refractivity contribution is 7.92. The third-order valence-corrected chi connectivity index (χ3v) is 2.60. The molecular formula is C6H12N4O3S. The van der Waals surface area contributed by atoms with Crippen molar-refractivity contribution in [2.45, 2.75) is 6.92 Å². The Bertz CT molecular complexity index is 386. The number of aromatic amines is 1. The summed E-state index contributed by atoms with van der Waals surface area (Å²) in [4.78, 5) is 3.81. The number of nitrogens with one attached hydrogen (secondary N) is 2. The first kappa shape index (κ1) is 10.9. The maximum Gasteiger partial charge on any atom is 0.255 e. The minimum Gasteiger partial charge on any atom is -0.384 e. The van der Waals surface area contributed by atoms with Crippen LogP contribution in [0.25, 0.3) is 0 Å². The van der Waals surface area contributed by atoms with E-state index in [-0.39, 0.29) is 18.3 Å². The van der Waals surface area contributed by atoms with E-state index >= 15 is 0 Å². The summed E-state index contributed by atoms with van der Waals surface area (Å²) in [6.07, 6.45) is 0. The van der Waals surface area contributed by atoms with E-state index in [1.165, 1.54) is 7.11 Å². The van der Waals surface area contributed by atoms with Gasteiger partial charge in [-0.25, -0.2) is 13.1 Å². The molecule has 0 atom stereocenters. The van der Waals surface area contributed by atoms with Crippen molar-refractivity contribution >= 4 is 16.0 Å². The van der Waals surface area contributed by atoms with Gasteiger partial charge in [-0.2, -0.15) is 4.98 Å². The molecule has 1 aromatic rings. The van der Waals surface area contributed by atoms with Gasteiger partial charge in [0.2, 0.25) is 10.0 Å². The van der Waals surface area contributed by atoms with Crippen LogP contribution in [-0.2, 0) is 14.8 Å². The second-order valence-electron chi connectivity index (χ2n) is 2.66. The van der Waals surface area contributed by atoms with Gasteiger partial charge in [0.25, 0.3) is 5.95 Å². The lowest BCUT2D eigenvalue weighted by Crippen LogP contribution is -2.20. The standard InChI is InChI=1S/C6H12N4O3S/c1-5-7-6(9-8-5)10-14(11,12)4-3-13-2/h3-4H2,1-2H3,(H2,7,8,9,10). The van der Waals surface area contributed by atoms with Crippen molar-refractivity contribution in [1.29, 1.82) is 0 Å². The summed E-state index contributed by atoms with van der Waals surface area (Å²) in [7, 11) is -1.97. The van der Waals surface area contributed by atoms with Gasteiger partial charge >= 0.3 is 0 Å². The SMILES string of the molecule is COCCS(=O)(=O)Nc1n[nH]c(C)n1. The summed E-state index contributed by atoms with van der Waals surface area (Å²) >= 11 is 0. The second-order valence-corrected chi connectivity index (χ2v) is 4.50. The van der Waals surface area contributed by atoms with Gasteiger partial charge in [0.05, 0.1) is 12.4 Å². The molecule has 0 bridgehead atoms. The van der Waals surface area contributed by atoms with E-state index < -0.39 is 10.0 Å². The third-order valence-electron chi connectivity index (χ3n) is 1.40. The zero-order valence-corrected chi connectivity index (χ0v) is 8.76. The van der Waals surface area contributed by atoms with Gasteiger partial charge in [-0.05, 0) is 6.92 Å². The Hall–Kier alpha value is -1.15. The van der Waals surface area contributed by atoms with Gasteiger partial charge in [-0.3, -0.25) is 5.10 Å². The minimum absolute atomic E-state index is 0.0543. The van der Waals surface area contributed by atoms with Crippen molar-refractivity contribution in [3.8, 4) is 0 Å². The van der Waals surface area contributed by atoms with Crippen molar-refractivity contribution in [1.82, 2.24) is 15.2 Å². The fourth-order valence-corrected chi connectivity index (χ4v) is 1.63. The van der Waals surface area contributed by atoms with Gasteiger partial charge in [0, 0.05) is 7.11 Å². The average molecular weight is 220 g/mol. The molecule has 0 aliphatic heterocycles. The summed E-state index contributed by atoms with van der Waals surface area (Å²) in [5.41, 5.74) is 0. The Morgan fingerprint density at radius 3 is 2.79 bits per heavy atom. The number of aromatic nitrogens is 3. The Kier molecular flexibility index (Phi) is 3.42. The highest BCUT2D eigenvalue weighted by Gasteiger charge is 2.12. The van der Waals surface area contributed by atoms with Gasteiger partial charge in [0.15, 0.2) is 0 Å². The molecule has 0 spiro atoms. The number of ether oxygens (including phenoxy) is 1. The predicted octanol–water partition coefficient (Wildman–Crippen LogP) is -0.499. The summed E-state index contributed by atoms with van der Waals surface area (Å²) < 4.78 is 29.4. The second kappa shape index (κ2) is 4.38. The zero-order chi connectivity index (χ0) is 10.6. The van der Waals surface area contributed by atoms with Crippen molar-refractivity contribution in [3.63, 3.8) is 0 Å². The lowest BCUT2D eigenvalue weighted by Gasteiger charge is -2.02. The molecule has 0 radical (unpaired) electrons. The summed E-state index contributed by atoms with van der Waals surface area (Å²) in [5, 5.41) is 6.17. The first-order valence-electron chi connectivity index (χ1n) is 3.92. The maximum absolute atomic E-state index is 11.3. The predicted molar refractivity (Wildman–Crippen MR) is 50.4 cm³/mol. The average Bonchev–Trinajstić information content (AvgIpc) is 2.47. The van der Waals surface area contributed by atoms with Crippen LogP contribution in [0.2, 0.25) is 0 Å². The molecule has 14 heavy (non-hydrogen) atoms. The van der Waals surface area contributed by atoms with Crippen molar-refractivity contribution in [3.05, 3.63) is 5.82 Å². The van der Waals surface area contributed by atoms with Crippen LogP contribution in [0.15, 0.2) is 0 Å². The van der Waals surface area contributed by atoms with Crippen LogP contribution in [0.1, 0.15) is 5.82 Å². The Balaban J connectivity index is 2.59. The van der Waals surface area contributed by atoms with Crippen molar-refractivity contribution in [2.75, 3.05) is 24.2 Å². The Morgan fingerprint density at radius 1 is 1.57 bits per heavy atom. The molecule has 80 valence electrons. The first-order valence-corrected chi connectivity index (χ1v) is 5.57. The minimum atomic E-state index is -3.40. The number of H-pyrrole nitrogens is 1. The molecule has 0 amide bonds. The Labute approximate surface area is 81.9 Å². The lowest BCUT2D eigenvalue weighted by atomic mass is 10.8. The Morgan fingerprint density at radius 2 is 2.29 bits per heavy atom. The van der Waals surface area contributed by atoms with Crippen LogP contribution >= 0.6 is 0 Å². The van der Waals surface area contributed by atoms with E-state index in [1.54, 1.807) is 6.92 Å². The van der Waals surface area contributed by atoms with E-state index in [2.05, 4.69) is 24.6 Å². The van der Waals surface area contributed by atoms with E-state index in [4.69, 9.17) is 0 Å². The van der Waals surface area contributed by atoms with E-state index in [0.717, 1.165) is 0 Å². The topological polar surface area (TPSA) is 97.0 Å². The van der Waals surface area contributed by atoms with Crippen molar-refractivity contribution < 1.29 is 13.2 Å². The molecular weight excluding hydrogens is 208 g/mol. The van der Waals surface area contributed by atoms with Gasteiger partial charge in [-0.15, -0.1) is 5.10 Å². The molecule has 1 heterocycles. The van der Waals surface area contributed by atoms with Crippen LogP contribution in [0.4, 0.5) is 5.95 Å². The molecule has 1 rings (SSSR count). The smallest absolute Gasteiger partial charge is 0.255 e. The summed E-state index contributed by atoms with van der Waals surface area (Å²) in [6.45, 7) is 1.82. The molecule has 0 aliphatic carbocycles. The summed E-state index contributed by atoms with van der Waals surface area (Å²) in [6, 6.07) is 0. The van der Waals surface area contributed by atoms with Crippen LogP contribution in [0, 0.1) is 6.92 Å². The number of sulfonamides is 1. The fraction of sp³-hybridized carbons (Fsp3) is 0.667. The quantitative estimate of drug-likeness (QED) is 0.697. The number of hydrogen-bond donors (Lipinski definition) is 2. The third kappa shape index (κ3) is 3.30. The van der Waals surface area contributed by atoms with Crippen LogP contribution in [0.3, 0.4) is 0 Å². The van der Waals surface area contributed by atoms with E-state index in [9.17, 15) is 8.42 Å². The van der Waals surface area contributed by atoms with Gasteiger partial charge < -0.3 is 4.74 Å². The van der Waals surface area contributed by atoms with Crippen LogP contribution in [-0.4, -0.2) is 43.1 Å². The molecule has 0 aliphatic rings. The normalized spacial score (nSPS) is 11.6. The molecule has 7 nitrogen and oxygen atoms in total. The van der Waals surface area contributed by atoms with Gasteiger partial charge in [-0.1, -0.05) is 0 Å². The number of anilines is 1. The highest BCUT2D eigenvalue weighted by atomic mass is 32.2. The molecule has 0 aromatic carbocycles. The molecule has 2 N–H and O–H groups in total. The first-order chi connectivity index (χ1) is 6.53. The van der Waals surface area contributed by atoms with Crippen molar-refractivity contribution in [2.24, 2.45) is 0 Å². The number of methoxy groups -OCH3 is 1. The lowest BCUT2D eigenvalue weighted by molar-refractivity contribution is 0.217. The molecule has 0 unspecified atom stereocenters. The number of rotatable bonds is 5. The van der Waals surface area contributed by atoms with E-state index in [1.807, 2.05) is 0 Å². The monoisotopic (exact) mass is 220 g/mol. The molecule has 0 saturated carbocycles. The molecule has 0 saturated heterocycles. The molecule has 8 heteroatoms. The van der Waals surface area contributed by atoms with Crippen LogP contribution in [0.5, 0.6) is 0 Å².